The predicted molar refractivity (Wildman–Crippen MR) is 61.4 cm³/mol. The molecule has 0 fully saturated rings. The standard InChI is InChI=1S/C10H23NOS/c1-4-10(3,9-12)11-7-6-8-13-5-2/h11-12H,4-9H2,1-3H3. The summed E-state index contributed by atoms with van der Waals surface area (Å²) in [6.07, 6.45) is 2.17. The van der Waals surface area contributed by atoms with Gasteiger partial charge in [0.05, 0.1) is 6.61 Å². The van der Waals surface area contributed by atoms with Crippen LogP contribution in [0.25, 0.3) is 0 Å². The van der Waals surface area contributed by atoms with Crippen molar-refractivity contribution in [2.75, 3.05) is 24.7 Å². The SMILES string of the molecule is CCSCCCNC(C)(CC)CO. The molecule has 1 unspecified atom stereocenters. The summed E-state index contributed by atoms with van der Waals surface area (Å²) in [5, 5.41) is 12.5. The molecule has 3 heteroatoms. The first-order valence-electron chi connectivity index (χ1n) is 5.12. The van der Waals surface area contributed by atoms with Gasteiger partial charge in [0.2, 0.25) is 0 Å². The van der Waals surface area contributed by atoms with Gasteiger partial charge in [0, 0.05) is 5.54 Å². The molecule has 2 N–H and O–H groups in total. The highest BCUT2D eigenvalue weighted by Gasteiger charge is 2.18. The molecular formula is C10H23NOS. The maximum Gasteiger partial charge on any atom is 0.0610 e. The molecule has 13 heavy (non-hydrogen) atoms. The van der Waals surface area contributed by atoms with E-state index in [-0.39, 0.29) is 12.1 Å². The van der Waals surface area contributed by atoms with Gasteiger partial charge in [0.25, 0.3) is 0 Å². The second-order valence-electron chi connectivity index (χ2n) is 3.55. The first-order chi connectivity index (χ1) is 6.18. The fourth-order valence-corrected chi connectivity index (χ4v) is 1.64. The summed E-state index contributed by atoms with van der Waals surface area (Å²) < 4.78 is 0. The van der Waals surface area contributed by atoms with E-state index in [0.717, 1.165) is 13.0 Å². The molecule has 0 aliphatic heterocycles. The van der Waals surface area contributed by atoms with Crippen LogP contribution in [0.15, 0.2) is 0 Å². The number of nitrogens with one attached hydrogen (secondary N) is 1. The second-order valence-corrected chi connectivity index (χ2v) is 4.94. The van der Waals surface area contributed by atoms with E-state index in [1.54, 1.807) is 0 Å². The summed E-state index contributed by atoms with van der Waals surface area (Å²) >= 11 is 1.97. The Hall–Kier alpha value is 0.270. The van der Waals surface area contributed by atoms with Crippen molar-refractivity contribution in [1.29, 1.82) is 0 Å². The minimum Gasteiger partial charge on any atom is -0.394 e. The highest BCUT2D eigenvalue weighted by Crippen LogP contribution is 2.08. The van der Waals surface area contributed by atoms with E-state index >= 15 is 0 Å². The van der Waals surface area contributed by atoms with Crippen LogP contribution in [0, 0.1) is 0 Å². The Morgan fingerprint density at radius 1 is 1.38 bits per heavy atom. The minimum absolute atomic E-state index is 0.0725. The summed E-state index contributed by atoms with van der Waals surface area (Å²) in [4.78, 5) is 0. The Kier molecular flexibility index (Phi) is 7.81. The molecule has 0 aromatic carbocycles. The van der Waals surface area contributed by atoms with Gasteiger partial charge in [-0.3, -0.25) is 0 Å². The number of aliphatic hydroxyl groups excluding tert-OH is 1. The molecule has 0 bridgehead atoms. The van der Waals surface area contributed by atoms with Crippen LogP contribution < -0.4 is 5.32 Å². The van der Waals surface area contributed by atoms with Crippen molar-refractivity contribution in [2.24, 2.45) is 0 Å². The molecule has 0 amide bonds. The molecule has 0 aromatic rings. The molecule has 0 spiro atoms. The first-order valence-corrected chi connectivity index (χ1v) is 6.27. The Morgan fingerprint density at radius 3 is 2.54 bits per heavy atom. The van der Waals surface area contributed by atoms with Crippen molar-refractivity contribution in [3.8, 4) is 0 Å². The average Bonchev–Trinajstić information content (AvgIpc) is 2.17. The van der Waals surface area contributed by atoms with E-state index < -0.39 is 0 Å². The van der Waals surface area contributed by atoms with Crippen LogP contribution >= 0.6 is 11.8 Å². The summed E-state index contributed by atoms with van der Waals surface area (Å²) in [5.74, 6) is 2.42. The molecule has 0 radical (unpaired) electrons. The zero-order valence-electron chi connectivity index (χ0n) is 9.10. The van der Waals surface area contributed by atoms with Gasteiger partial charge in [0.15, 0.2) is 0 Å². The third-order valence-electron chi connectivity index (χ3n) is 2.35. The van der Waals surface area contributed by atoms with Crippen LogP contribution in [0.4, 0.5) is 0 Å². The number of aliphatic hydroxyl groups is 1. The van der Waals surface area contributed by atoms with Gasteiger partial charge >= 0.3 is 0 Å². The predicted octanol–water partition coefficient (Wildman–Crippen LogP) is 1.88. The molecule has 2 nitrogen and oxygen atoms in total. The molecule has 80 valence electrons. The molecule has 0 saturated heterocycles. The van der Waals surface area contributed by atoms with Gasteiger partial charge in [-0.25, -0.2) is 0 Å². The van der Waals surface area contributed by atoms with E-state index in [1.165, 1.54) is 17.9 Å². The van der Waals surface area contributed by atoms with Crippen LogP contribution in [0.1, 0.15) is 33.6 Å². The molecule has 0 aliphatic rings. The van der Waals surface area contributed by atoms with E-state index in [4.69, 9.17) is 5.11 Å². The van der Waals surface area contributed by atoms with E-state index in [9.17, 15) is 0 Å². The number of rotatable bonds is 8. The van der Waals surface area contributed by atoms with E-state index in [1.807, 2.05) is 11.8 Å². The number of hydrogen-bond donors (Lipinski definition) is 2. The average molecular weight is 205 g/mol. The van der Waals surface area contributed by atoms with Crippen LogP contribution in [-0.4, -0.2) is 35.3 Å². The van der Waals surface area contributed by atoms with Gasteiger partial charge in [-0.15, -0.1) is 0 Å². The highest BCUT2D eigenvalue weighted by molar-refractivity contribution is 7.99. The van der Waals surface area contributed by atoms with Crippen molar-refractivity contribution >= 4 is 11.8 Å². The van der Waals surface area contributed by atoms with Gasteiger partial charge in [-0.2, -0.15) is 11.8 Å². The maximum atomic E-state index is 9.12. The van der Waals surface area contributed by atoms with Gasteiger partial charge in [-0.05, 0) is 37.8 Å². The van der Waals surface area contributed by atoms with Gasteiger partial charge in [-0.1, -0.05) is 13.8 Å². The quantitative estimate of drug-likeness (QED) is 0.593. The lowest BCUT2D eigenvalue weighted by atomic mass is 10.0. The van der Waals surface area contributed by atoms with Crippen LogP contribution in [0.2, 0.25) is 0 Å². The smallest absolute Gasteiger partial charge is 0.0610 e. The zero-order chi connectivity index (χ0) is 10.2. The number of hydrogen-bond acceptors (Lipinski definition) is 3. The Morgan fingerprint density at radius 2 is 2.08 bits per heavy atom. The second kappa shape index (κ2) is 7.65. The van der Waals surface area contributed by atoms with Crippen molar-refractivity contribution in [1.82, 2.24) is 5.32 Å². The van der Waals surface area contributed by atoms with E-state index in [2.05, 4.69) is 26.1 Å². The largest absolute Gasteiger partial charge is 0.394 e. The van der Waals surface area contributed by atoms with Crippen molar-refractivity contribution in [3.05, 3.63) is 0 Å². The van der Waals surface area contributed by atoms with Gasteiger partial charge < -0.3 is 10.4 Å². The van der Waals surface area contributed by atoms with Crippen LogP contribution in [0.5, 0.6) is 0 Å². The zero-order valence-corrected chi connectivity index (χ0v) is 9.91. The molecular weight excluding hydrogens is 182 g/mol. The molecule has 0 saturated carbocycles. The normalized spacial score (nSPS) is 15.7. The Bertz CT molecular complexity index is 115. The monoisotopic (exact) mass is 205 g/mol. The molecule has 0 aromatic heterocycles. The lowest BCUT2D eigenvalue weighted by Gasteiger charge is -2.27. The van der Waals surface area contributed by atoms with E-state index in [0.29, 0.717) is 0 Å². The minimum atomic E-state index is -0.0725. The molecule has 0 aliphatic carbocycles. The van der Waals surface area contributed by atoms with Crippen LogP contribution in [0.3, 0.4) is 0 Å². The lowest BCUT2D eigenvalue weighted by molar-refractivity contribution is 0.171. The highest BCUT2D eigenvalue weighted by atomic mass is 32.2. The third-order valence-corrected chi connectivity index (χ3v) is 3.34. The summed E-state index contributed by atoms with van der Waals surface area (Å²) in [6, 6.07) is 0. The Labute approximate surface area is 86.5 Å². The third kappa shape index (κ3) is 6.36. The van der Waals surface area contributed by atoms with Crippen molar-refractivity contribution < 1.29 is 5.11 Å². The summed E-state index contributed by atoms with van der Waals surface area (Å²) in [5.41, 5.74) is -0.0725. The van der Waals surface area contributed by atoms with Crippen molar-refractivity contribution in [3.63, 3.8) is 0 Å². The summed E-state index contributed by atoms with van der Waals surface area (Å²) in [6.45, 7) is 7.59. The molecule has 1 atom stereocenters. The van der Waals surface area contributed by atoms with Crippen molar-refractivity contribution in [2.45, 2.75) is 39.2 Å². The lowest BCUT2D eigenvalue weighted by Crippen LogP contribution is -2.45. The molecule has 0 heterocycles. The summed E-state index contributed by atoms with van der Waals surface area (Å²) in [7, 11) is 0. The topological polar surface area (TPSA) is 32.3 Å². The Balaban J connectivity index is 3.39. The van der Waals surface area contributed by atoms with Gasteiger partial charge in [0.1, 0.15) is 0 Å². The fraction of sp³-hybridized carbons (Fsp3) is 1.00. The maximum absolute atomic E-state index is 9.12. The van der Waals surface area contributed by atoms with Crippen LogP contribution in [-0.2, 0) is 0 Å². The first kappa shape index (κ1) is 13.3. The molecule has 0 rings (SSSR count). The number of thioether (sulfide) groups is 1. The fourth-order valence-electron chi connectivity index (χ4n) is 1.00.